The van der Waals surface area contributed by atoms with Gasteiger partial charge in [0.15, 0.2) is 24.2 Å². The van der Waals surface area contributed by atoms with Crippen molar-refractivity contribution < 1.29 is 32.0 Å². The number of fused-ring (bicyclic) bond motifs is 3. The van der Waals surface area contributed by atoms with Crippen molar-refractivity contribution in [2.75, 3.05) is 31.5 Å². The van der Waals surface area contributed by atoms with E-state index in [-0.39, 0.29) is 36.3 Å². The standard InChI is InChI=1S/C28H33F3N4O3/c29-28(30,31)23-10-11-24(34-33-23)32-25(36)19-35-16-12-20(13-17-35)22(18-35)38-26(37)27(14-6-1-2-7-15-27)21-8-4-3-5-9-21/h3-5,8-11,20,22H,1-2,6-7,12-19H2/p+1. The van der Waals surface area contributed by atoms with Crippen LogP contribution in [0.1, 0.15) is 62.6 Å². The van der Waals surface area contributed by atoms with Gasteiger partial charge < -0.3 is 14.5 Å². The summed E-state index contributed by atoms with van der Waals surface area (Å²) < 4.78 is 45.1. The third-order valence-electron chi connectivity index (χ3n) is 8.68. The predicted octanol–water partition coefficient (Wildman–Crippen LogP) is 4.88. The van der Waals surface area contributed by atoms with Crippen LogP contribution in [0.5, 0.6) is 0 Å². The molecular formula is C28H34F3N4O3+. The second-order valence-corrected chi connectivity index (χ2v) is 11.1. The van der Waals surface area contributed by atoms with Gasteiger partial charge in [-0.2, -0.15) is 13.2 Å². The summed E-state index contributed by atoms with van der Waals surface area (Å²) in [7, 11) is 0. The highest BCUT2D eigenvalue weighted by Crippen LogP contribution is 2.42. The number of amides is 1. The van der Waals surface area contributed by atoms with Gasteiger partial charge in [0.1, 0.15) is 6.54 Å². The van der Waals surface area contributed by atoms with E-state index in [2.05, 4.69) is 15.5 Å². The lowest BCUT2D eigenvalue weighted by Gasteiger charge is -2.52. The minimum atomic E-state index is -4.59. The number of anilines is 1. The maximum Gasteiger partial charge on any atom is 0.435 e. The second-order valence-electron chi connectivity index (χ2n) is 11.1. The van der Waals surface area contributed by atoms with Gasteiger partial charge >= 0.3 is 12.1 Å². The van der Waals surface area contributed by atoms with Crippen LogP contribution in [-0.2, 0) is 25.9 Å². The number of hydrogen-bond donors (Lipinski definition) is 1. The lowest BCUT2D eigenvalue weighted by atomic mass is 9.74. The number of aromatic nitrogens is 2. The van der Waals surface area contributed by atoms with Crippen molar-refractivity contribution in [3.8, 4) is 0 Å². The Morgan fingerprint density at radius 3 is 2.26 bits per heavy atom. The van der Waals surface area contributed by atoms with E-state index < -0.39 is 17.3 Å². The third-order valence-corrected chi connectivity index (χ3v) is 8.68. The molecule has 1 saturated carbocycles. The Morgan fingerprint density at radius 2 is 1.66 bits per heavy atom. The van der Waals surface area contributed by atoms with Crippen LogP contribution in [0.25, 0.3) is 0 Å². The fraction of sp³-hybridized carbons (Fsp3) is 0.571. The molecule has 4 fully saturated rings. The van der Waals surface area contributed by atoms with Crippen molar-refractivity contribution in [3.05, 3.63) is 53.7 Å². The van der Waals surface area contributed by atoms with Crippen LogP contribution in [0.15, 0.2) is 42.5 Å². The minimum absolute atomic E-state index is 0.0192. The van der Waals surface area contributed by atoms with Crippen LogP contribution >= 0.6 is 0 Å². The van der Waals surface area contributed by atoms with Crippen LogP contribution < -0.4 is 5.32 Å². The zero-order chi connectivity index (χ0) is 26.8. The van der Waals surface area contributed by atoms with Crippen LogP contribution in [0, 0.1) is 5.92 Å². The first-order valence-corrected chi connectivity index (χ1v) is 13.5. The Kier molecular flexibility index (Phi) is 7.44. The molecule has 10 heteroatoms. The number of nitrogens with one attached hydrogen (secondary N) is 1. The van der Waals surface area contributed by atoms with Crippen molar-refractivity contribution in [3.63, 3.8) is 0 Å². The Labute approximate surface area is 220 Å². The average molecular weight is 532 g/mol. The molecule has 1 amide bonds. The Bertz CT molecular complexity index is 1120. The van der Waals surface area contributed by atoms with Gasteiger partial charge in [0, 0.05) is 18.8 Å². The number of benzene rings is 1. The van der Waals surface area contributed by atoms with Gasteiger partial charge in [-0.1, -0.05) is 56.0 Å². The fourth-order valence-electron chi connectivity index (χ4n) is 6.56. The van der Waals surface area contributed by atoms with Gasteiger partial charge in [0.05, 0.1) is 18.5 Å². The summed E-state index contributed by atoms with van der Waals surface area (Å²) in [5.41, 5.74) is -0.719. The van der Waals surface area contributed by atoms with E-state index in [0.29, 0.717) is 11.0 Å². The number of nitrogens with zero attached hydrogens (tertiary/aromatic N) is 3. The van der Waals surface area contributed by atoms with Crippen molar-refractivity contribution in [1.82, 2.24) is 10.2 Å². The molecule has 1 aromatic carbocycles. The molecule has 4 aliphatic rings. The highest BCUT2D eigenvalue weighted by Gasteiger charge is 2.51. The summed E-state index contributed by atoms with van der Waals surface area (Å²) in [6, 6.07) is 11.9. The molecule has 1 aromatic heterocycles. The smallest absolute Gasteiger partial charge is 0.435 e. The monoisotopic (exact) mass is 531 g/mol. The van der Waals surface area contributed by atoms with E-state index in [1.165, 1.54) is 0 Å². The van der Waals surface area contributed by atoms with Crippen LogP contribution in [0.3, 0.4) is 0 Å². The molecule has 38 heavy (non-hydrogen) atoms. The average Bonchev–Trinajstić information content (AvgIpc) is 3.17. The molecular weight excluding hydrogens is 497 g/mol. The number of carbonyl (C=O) groups is 2. The van der Waals surface area contributed by atoms with Gasteiger partial charge in [-0.3, -0.25) is 9.59 Å². The summed E-state index contributed by atoms with van der Waals surface area (Å²) in [4.78, 5) is 26.7. The Hall–Kier alpha value is -3.01. The van der Waals surface area contributed by atoms with Crippen molar-refractivity contribution >= 4 is 17.7 Å². The number of quaternary nitrogens is 1. The second kappa shape index (κ2) is 10.6. The first-order valence-electron chi connectivity index (χ1n) is 13.5. The highest BCUT2D eigenvalue weighted by molar-refractivity contribution is 5.90. The number of esters is 1. The van der Waals surface area contributed by atoms with Crippen LogP contribution in [0.2, 0.25) is 0 Å². The molecule has 0 radical (unpaired) electrons. The van der Waals surface area contributed by atoms with E-state index in [0.717, 1.165) is 82.2 Å². The number of carbonyl (C=O) groups excluding carboxylic acids is 2. The number of ether oxygens (including phenoxy) is 1. The SMILES string of the molecule is O=C(C[N+]12CCC(CC1)C(OC(=O)C1(c3ccccc3)CCCCCC1)C2)Nc1ccc(C(F)(F)F)nn1. The summed E-state index contributed by atoms with van der Waals surface area (Å²) in [5.74, 6) is -0.225. The van der Waals surface area contributed by atoms with E-state index in [4.69, 9.17) is 4.74 Å². The predicted molar refractivity (Wildman–Crippen MR) is 134 cm³/mol. The van der Waals surface area contributed by atoms with Crippen LogP contribution in [0.4, 0.5) is 19.0 Å². The topological polar surface area (TPSA) is 81.2 Å². The molecule has 1 unspecified atom stereocenters. The first kappa shape index (κ1) is 26.6. The number of halogens is 3. The molecule has 6 rings (SSSR count). The maximum absolute atomic E-state index is 13.9. The lowest BCUT2D eigenvalue weighted by molar-refractivity contribution is -0.939. The summed E-state index contributed by atoms with van der Waals surface area (Å²) in [6.45, 7) is 2.31. The van der Waals surface area contributed by atoms with Gasteiger partial charge in [-0.25, -0.2) is 0 Å². The summed E-state index contributed by atoms with van der Waals surface area (Å²) in [5, 5.41) is 9.26. The van der Waals surface area contributed by atoms with Crippen molar-refractivity contribution in [2.24, 2.45) is 5.92 Å². The van der Waals surface area contributed by atoms with Crippen LogP contribution in [-0.4, -0.2) is 58.8 Å². The van der Waals surface area contributed by atoms with Gasteiger partial charge in [0.25, 0.3) is 5.91 Å². The molecule has 3 saturated heterocycles. The third kappa shape index (κ3) is 5.55. The lowest BCUT2D eigenvalue weighted by Crippen LogP contribution is -2.66. The Balaban J connectivity index is 1.26. The highest BCUT2D eigenvalue weighted by atomic mass is 19.4. The molecule has 1 atom stereocenters. The van der Waals surface area contributed by atoms with Gasteiger partial charge in [0.2, 0.25) is 0 Å². The molecule has 4 heterocycles. The molecule has 2 aromatic rings. The largest absolute Gasteiger partial charge is 0.455 e. The number of piperidine rings is 3. The van der Waals surface area contributed by atoms with E-state index in [9.17, 15) is 22.8 Å². The van der Waals surface area contributed by atoms with E-state index >= 15 is 0 Å². The normalized spacial score (nSPS) is 26.8. The number of rotatable bonds is 6. The zero-order valence-corrected chi connectivity index (χ0v) is 21.4. The quantitative estimate of drug-likeness (QED) is 0.327. The molecule has 3 aliphatic heterocycles. The minimum Gasteiger partial charge on any atom is -0.455 e. The number of hydrogen-bond acceptors (Lipinski definition) is 5. The summed E-state index contributed by atoms with van der Waals surface area (Å²) in [6.07, 6.45) is 2.66. The number of alkyl halides is 3. The molecule has 0 spiro atoms. The fourth-order valence-corrected chi connectivity index (χ4v) is 6.56. The van der Waals surface area contributed by atoms with Crippen molar-refractivity contribution in [2.45, 2.75) is 69.1 Å². The summed E-state index contributed by atoms with van der Waals surface area (Å²) >= 11 is 0. The maximum atomic E-state index is 13.9. The molecule has 204 valence electrons. The molecule has 1 N–H and O–H groups in total. The molecule has 2 bridgehead atoms. The molecule has 1 aliphatic carbocycles. The molecule has 7 nitrogen and oxygen atoms in total. The van der Waals surface area contributed by atoms with E-state index in [1.807, 2.05) is 30.3 Å². The van der Waals surface area contributed by atoms with Gasteiger partial charge in [-0.05, 0) is 30.5 Å². The first-order chi connectivity index (χ1) is 18.2. The van der Waals surface area contributed by atoms with Crippen molar-refractivity contribution in [1.29, 1.82) is 0 Å². The van der Waals surface area contributed by atoms with E-state index in [1.54, 1.807) is 0 Å². The van der Waals surface area contributed by atoms with Gasteiger partial charge in [-0.15, -0.1) is 10.2 Å². The Morgan fingerprint density at radius 1 is 0.974 bits per heavy atom. The zero-order valence-electron chi connectivity index (χ0n) is 21.4.